The minimum Gasteiger partial charge on any atom is -0.497 e. The summed E-state index contributed by atoms with van der Waals surface area (Å²) in [5.41, 5.74) is 2.04. The monoisotopic (exact) mass is 383 g/mol. The van der Waals surface area contributed by atoms with E-state index >= 15 is 0 Å². The third kappa shape index (κ3) is 3.28. The molecule has 1 aliphatic heterocycles. The Morgan fingerprint density at radius 2 is 2.00 bits per heavy atom. The second-order valence-electron chi connectivity index (χ2n) is 6.25. The lowest BCUT2D eigenvalue weighted by Crippen LogP contribution is -2.49. The molecule has 1 aliphatic rings. The van der Waals surface area contributed by atoms with Gasteiger partial charge >= 0.3 is 6.09 Å². The molecule has 3 heterocycles. The molecule has 4 rings (SSSR count). The van der Waals surface area contributed by atoms with E-state index in [0.29, 0.717) is 49.8 Å². The second kappa shape index (κ2) is 7.67. The molecule has 1 saturated heterocycles. The zero-order valence-corrected chi connectivity index (χ0v) is 15.8. The number of hydrogen-bond donors (Lipinski definition) is 0. The highest BCUT2D eigenvalue weighted by molar-refractivity contribution is 5.83. The Kier molecular flexibility index (Phi) is 4.92. The van der Waals surface area contributed by atoms with E-state index in [1.807, 2.05) is 24.3 Å². The number of rotatable bonds is 4. The highest BCUT2D eigenvalue weighted by Crippen LogP contribution is 2.24. The molecular weight excluding hydrogens is 362 g/mol. The molecule has 0 spiro atoms. The van der Waals surface area contributed by atoms with E-state index in [1.54, 1.807) is 23.6 Å². The molecule has 146 valence electrons. The van der Waals surface area contributed by atoms with Crippen molar-refractivity contribution in [2.75, 3.05) is 44.8 Å². The van der Waals surface area contributed by atoms with E-state index in [4.69, 9.17) is 9.47 Å². The van der Waals surface area contributed by atoms with Crippen molar-refractivity contribution in [2.24, 2.45) is 0 Å². The van der Waals surface area contributed by atoms with Gasteiger partial charge < -0.3 is 19.3 Å². The first kappa shape index (κ1) is 18.0. The molecule has 3 aromatic rings. The Labute approximate surface area is 161 Å². The summed E-state index contributed by atoms with van der Waals surface area (Å²) in [6.07, 6.45) is 1.23. The Hall–Kier alpha value is -3.43. The molecule has 1 aromatic carbocycles. The van der Waals surface area contributed by atoms with Crippen molar-refractivity contribution in [3.8, 4) is 11.4 Å². The van der Waals surface area contributed by atoms with Crippen LogP contribution in [0.1, 0.15) is 6.92 Å². The lowest BCUT2D eigenvalue weighted by atomic mass is 10.3. The summed E-state index contributed by atoms with van der Waals surface area (Å²) in [6, 6.07) is 7.54. The van der Waals surface area contributed by atoms with Crippen LogP contribution in [0, 0.1) is 0 Å². The largest absolute Gasteiger partial charge is 0.497 e. The van der Waals surface area contributed by atoms with E-state index in [2.05, 4.69) is 25.2 Å². The van der Waals surface area contributed by atoms with Crippen molar-refractivity contribution < 1.29 is 14.3 Å². The quantitative estimate of drug-likeness (QED) is 0.668. The number of piperazine rings is 1. The predicted molar refractivity (Wildman–Crippen MR) is 102 cm³/mol. The first-order chi connectivity index (χ1) is 13.7. The van der Waals surface area contributed by atoms with E-state index in [-0.39, 0.29) is 6.09 Å². The minimum absolute atomic E-state index is 0.279. The van der Waals surface area contributed by atoms with Gasteiger partial charge in [0.05, 0.1) is 19.4 Å². The summed E-state index contributed by atoms with van der Waals surface area (Å²) in [7, 11) is 1.62. The highest BCUT2D eigenvalue weighted by Gasteiger charge is 2.25. The van der Waals surface area contributed by atoms with E-state index in [0.717, 1.165) is 11.4 Å². The molecule has 10 heteroatoms. The van der Waals surface area contributed by atoms with Crippen molar-refractivity contribution in [2.45, 2.75) is 6.92 Å². The number of amides is 1. The zero-order chi connectivity index (χ0) is 19.5. The number of methoxy groups -OCH3 is 1. The van der Waals surface area contributed by atoms with Gasteiger partial charge in [-0.15, -0.1) is 5.10 Å². The van der Waals surface area contributed by atoms with Crippen LogP contribution in [0.3, 0.4) is 0 Å². The standard InChI is InChI=1S/C18H21N7O3/c1-3-28-18(26)24-9-7-23(8-10-24)16-15-17(20-12-19-16)25(22-21-15)13-5-4-6-14(11-13)27-2/h4-6,11-12H,3,7-10H2,1-2H3. The third-order valence-corrected chi connectivity index (χ3v) is 4.62. The molecule has 0 unspecified atom stereocenters. The Bertz CT molecular complexity index is 982. The number of nitrogens with zero attached hydrogens (tertiary/aromatic N) is 7. The number of fused-ring (bicyclic) bond motifs is 1. The van der Waals surface area contributed by atoms with Crippen LogP contribution in [-0.2, 0) is 4.74 Å². The predicted octanol–water partition coefficient (Wildman–Crippen LogP) is 1.50. The SMILES string of the molecule is CCOC(=O)N1CCN(c2ncnc3c2nnn3-c2cccc(OC)c2)CC1. The molecule has 2 aromatic heterocycles. The number of anilines is 1. The topological polar surface area (TPSA) is 98.5 Å². The maximum absolute atomic E-state index is 11.9. The van der Waals surface area contributed by atoms with Crippen LogP contribution in [0.2, 0.25) is 0 Å². The molecule has 0 N–H and O–H groups in total. The van der Waals surface area contributed by atoms with Crippen molar-refractivity contribution in [3.05, 3.63) is 30.6 Å². The smallest absolute Gasteiger partial charge is 0.409 e. The van der Waals surface area contributed by atoms with Crippen molar-refractivity contribution in [3.63, 3.8) is 0 Å². The van der Waals surface area contributed by atoms with Gasteiger partial charge in [-0.1, -0.05) is 11.3 Å². The number of aromatic nitrogens is 5. The Morgan fingerprint density at radius 1 is 1.18 bits per heavy atom. The normalized spacial score (nSPS) is 14.4. The molecular formula is C18H21N7O3. The van der Waals surface area contributed by atoms with Crippen LogP contribution in [0.25, 0.3) is 16.9 Å². The summed E-state index contributed by atoms with van der Waals surface area (Å²) in [4.78, 5) is 24.5. The average Bonchev–Trinajstić information content (AvgIpc) is 3.18. The number of carbonyl (C=O) groups excluding carboxylic acids is 1. The maximum Gasteiger partial charge on any atom is 0.409 e. The third-order valence-electron chi connectivity index (χ3n) is 4.62. The van der Waals surface area contributed by atoms with E-state index in [1.165, 1.54) is 6.33 Å². The summed E-state index contributed by atoms with van der Waals surface area (Å²) in [6.45, 7) is 4.58. The summed E-state index contributed by atoms with van der Waals surface area (Å²) < 4.78 is 12.0. The maximum atomic E-state index is 11.9. The van der Waals surface area contributed by atoms with Gasteiger partial charge in [0, 0.05) is 32.2 Å². The first-order valence-electron chi connectivity index (χ1n) is 9.08. The lowest BCUT2D eigenvalue weighted by molar-refractivity contribution is 0.105. The van der Waals surface area contributed by atoms with Crippen LogP contribution in [-0.4, -0.2) is 75.9 Å². The fraction of sp³-hybridized carbons (Fsp3) is 0.389. The first-order valence-corrected chi connectivity index (χ1v) is 9.08. The molecule has 1 fully saturated rings. The van der Waals surface area contributed by atoms with Gasteiger partial charge in [0.2, 0.25) is 0 Å². The van der Waals surface area contributed by atoms with Gasteiger partial charge in [0.15, 0.2) is 17.0 Å². The van der Waals surface area contributed by atoms with Gasteiger partial charge in [0.1, 0.15) is 12.1 Å². The average molecular weight is 383 g/mol. The van der Waals surface area contributed by atoms with Gasteiger partial charge in [0.25, 0.3) is 0 Å². The number of hydrogen-bond acceptors (Lipinski definition) is 8. The number of ether oxygens (including phenoxy) is 2. The van der Waals surface area contributed by atoms with Crippen LogP contribution in [0.4, 0.5) is 10.6 Å². The summed E-state index contributed by atoms with van der Waals surface area (Å²) >= 11 is 0. The molecule has 0 radical (unpaired) electrons. The minimum atomic E-state index is -0.279. The lowest BCUT2D eigenvalue weighted by Gasteiger charge is -2.34. The van der Waals surface area contributed by atoms with Crippen LogP contribution < -0.4 is 9.64 Å². The number of benzene rings is 1. The van der Waals surface area contributed by atoms with E-state index < -0.39 is 0 Å². The summed E-state index contributed by atoms with van der Waals surface area (Å²) in [5.74, 6) is 1.44. The zero-order valence-electron chi connectivity index (χ0n) is 15.8. The van der Waals surface area contributed by atoms with Crippen LogP contribution in [0.5, 0.6) is 5.75 Å². The van der Waals surface area contributed by atoms with Crippen molar-refractivity contribution >= 4 is 23.1 Å². The molecule has 0 atom stereocenters. The Balaban J connectivity index is 1.60. The van der Waals surface area contributed by atoms with Gasteiger partial charge in [-0.05, 0) is 19.1 Å². The van der Waals surface area contributed by atoms with Gasteiger partial charge in [-0.2, -0.15) is 4.68 Å². The molecule has 0 saturated carbocycles. The molecule has 0 bridgehead atoms. The van der Waals surface area contributed by atoms with Crippen molar-refractivity contribution in [1.29, 1.82) is 0 Å². The Morgan fingerprint density at radius 3 is 2.75 bits per heavy atom. The van der Waals surface area contributed by atoms with E-state index in [9.17, 15) is 4.79 Å². The second-order valence-corrected chi connectivity index (χ2v) is 6.25. The fourth-order valence-electron chi connectivity index (χ4n) is 3.20. The fourth-order valence-corrected chi connectivity index (χ4v) is 3.20. The molecule has 1 amide bonds. The van der Waals surface area contributed by atoms with Gasteiger partial charge in [-0.3, -0.25) is 0 Å². The van der Waals surface area contributed by atoms with Crippen LogP contribution in [0.15, 0.2) is 30.6 Å². The summed E-state index contributed by atoms with van der Waals surface area (Å²) in [5, 5.41) is 8.57. The molecule has 28 heavy (non-hydrogen) atoms. The van der Waals surface area contributed by atoms with Crippen LogP contribution >= 0.6 is 0 Å². The van der Waals surface area contributed by atoms with Gasteiger partial charge in [-0.25, -0.2) is 14.8 Å². The van der Waals surface area contributed by atoms with Crippen molar-refractivity contribution in [1.82, 2.24) is 29.9 Å². The molecule has 10 nitrogen and oxygen atoms in total. The highest BCUT2D eigenvalue weighted by atomic mass is 16.6. The number of carbonyl (C=O) groups is 1. The molecule has 0 aliphatic carbocycles.